The molecule has 0 radical (unpaired) electrons. The minimum Gasteiger partial charge on any atom is -0.508 e. The summed E-state index contributed by atoms with van der Waals surface area (Å²) < 4.78 is 1.94. The van der Waals surface area contributed by atoms with Crippen molar-refractivity contribution in [3.05, 3.63) is 54.7 Å². The summed E-state index contributed by atoms with van der Waals surface area (Å²) in [5, 5.41) is 16.0. The van der Waals surface area contributed by atoms with E-state index in [9.17, 15) is 9.90 Å². The van der Waals surface area contributed by atoms with Gasteiger partial charge in [0.25, 0.3) is 0 Å². The molecule has 11 heteroatoms. The zero-order chi connectivity index (χ0) is 23.3. The predicted molar refractivity (Wildman–Crippen MR) is 127 cm³/mol. The van der Waals surface area contributed by atoms with Gasteiger partial charge in [-0.15, -0.1) is 0 Å². The molecule has 0 unspecified atom stereocenters. The first-order valence-corrected chi connectivity index (χ1v) is 11.2. The Morgan fingerprint density at radius 2 is 1.94 bits per heavy atom. The molecular weight excluding hydrogens is 434 g/mol. The standard InChI is InChI=1S/C23H25N9O2/c33-17-5-3-16(4-6-17)7-10-25-21-20-22(30-23(29-21)28-18-8-9-24-14-26-18)32(15-27-20)13-12-31-11-1-2-19(31)34/h3-6,8-9,14-15,33H,1-2,7,10-13H2,(H2,24,25,26,28,29,30). The molecule has 0 bridgehead atoms. The molecule has 4 aromatic rings. The number of phenolic OH excluding ortho intramolecular Hbond substituents is 1. The Hall–Kier alpha value is -4.28. The number of fused-ring (bicyclic) bond motifs is 1. The van der Waals surface area contributed by atoms with Crippen LogP contribution < -0.4 is 10.6 Å². The number of anilines is 3. The third-order valence-electron chi connectivity index (χ3n) is 5.71. The Bertz CT molecular complexity index is 1280. The summed E-state index contributed by atoms with van der Waals surface area (Å²) in [5.74, 6) is 2.02. The summed E-state index contributed by atoms with van der Waals surface area (Å²) in [7, 11) is 0. The Labute approximate surface area is 195 Å². The highest BCUT2D eigenvalue weighted by atomic mass is 16.3. The van der Waals surface area contributed by atoms with E-state index in [0.717, 1.165) is 24.9 Å². The molecule has 0 spiro atoms. The fourth-order valence-corrected chi connectivity index (χ4v) is 3.92. The summed E-state index contributed by atoms with van der Waals surface area (Å²) in [6.07, 6.45) is 7.11. The van der Waals surface area contributed by atoms with Crippen molar-refractivity contribution in [2.75, 3.05) is 30.3 Å². The molecule has 3 aromatic heterocycles. The van der Waals surface area contributed by atoms with Crippen LogP contribution in [-0.4, -0.2) is 65.0 Å². The molecule has 0 saturated carbocycles. The number of benzene rings is 1. The fraction of sp³-hybridized carbons (Fsp3) is 0.304. The largest absolute Gasteiger partial charge is 0.508 e. The SMILES string of the molecule is O=C1CCCN1CCn1cnc2c(NCCc3ccc(O)cc3)nc(Nc3ccncn3)nc21. The second-order valence-corrected chi connectivity index (χ2v) is 8.05. The van der Waals surface area contributed by atoms with Crippen molar-refractivity contribution < 1.29 is 9.90 Å². The first-order valence-electron chi connectivity index (χ1n) is 11.2. The second kappa shape index (κ2) is 9.69. The number of nitrogens with zero attached hydrogens (tertiary/aromatic N) is 7. The van der Waals surface area contributed by atoms with Gasteiger partial charge in [-0.05, 0) is 36.6 Å². The Kier molecular flexibility index (Phi) is 6.15. The van der Waals surface area contributed by atoms with Gasteiger partial charge in [-0.1, -0.05) is 12.1 Å². The van der Waals surface area contributed by atoms with E-state index in [4.69, 9.17) is 0 Å². The van der Waals surface area contributed by atoms with Crippen molar-refractivity contribution in [2.24, 2.45) is 0 Å². The smallest absolute Gasteiger partial charge is 0.232 e. The summed E-state index contributed by atoms with van der Waals surface area (Å²) in [4.78, 5) is 35.9. The van der Waals surface area contributed by atoms with Gasteiger partial charge in [0.05, 0.1) is 6.33 Å². The van der Waals surface area contributed by atoms with Crippen molar-refractivity contribution >= 4 is 34.7 Å². The van der Waals surface area contributed by atoms with Crippen molar-refractivity contribution in [3.8, 4) is 5.75 Å². The topological polar surface area (TPSA) is 134 Å². The molecule has 0 aliphatic carbocycles. The number of rotatable bonds is 9. The van der Waals surface area contributed by atoms with Gasteiger partial charge in [-0.25, -0.2) is 15.0 Å². The first kappa shape index (κ1) is 21.6. The number of hydrogen-bond donors (Lipinski definition) is 3. The maximum Gasteiger partial charge on any atom is 0.232 e. The van der Waals surface area contributed by atoms with Crippen LogP contribution in [0.25, 0.3) is 11.2 Å². The van der Waals surface area contributed by atoms with Gasteiger partial charge >= 0.3 is 0 Å². The minimum atomic E-state index is 0.196. The number of nitrogens with one attached hydrogen (secondary N) is 2. The summed E-state index contributed by atoms with van der Waals surface area (Å²) in [6, 6.07) is 8.87. The lowest BCUT2D eigenvalue weighted by Gasteiger charge is -2.16. The molecule has 3 N–H and O–H groups in total. The Balaban J connectivity index is 1.38. The number of likely N-dealkylation sites (tertiary alicyclic amines) is 1. The van der Waals surface area contributed by atoms with E-state index >= 15 is 0 Å². The number of carbonyl (C=O) groups excluding carboxylic acids is 1. The van der Waals surface area contributed by atoms with Crippen molar-refractivity contribution in [2.45, 2.75) is 25.8 Å². The first-order chi connectivity index (χ1) is 16.7. The number of carbonyl (C=O) groups is 1. The van der Waals surface area contributed by atoms with E-state index in [-0.39, 0.29) is 11.7 Å². The summed E-state index contributed by atoms with van der Waals surface area (Å²) >= 11 is 0. The van der Waals surface area contributed by atoms with Gasteiger partial charge in [0.2, 0.25) is 11.9 Å². The van der Waals surface area contributed by atoms with Crippen molar-refractivity contribution in [3.63, 3.8) is 0 Å². The maximum atomic E-state index is 12.0. The zero-order valence-corrected chi connectivity index (χ0v) is 18.6. The molecular formula is C23H25N9O2. The zero-order valence-electron chi connectivity index (χ0n) is 18.6. The van der Waals surface area contributed by atoms with E-state index in [1.807, 2.05) is 21.6 Å². The van der Waals surface area contributed by atoms with Gasteiger partial charge in [0.15, 0.2) is 17.0 Å². The lowest BCUT2D eigenvalue weighted by Crippen LogP contribution is -2.28. The number of hydrogen-bond acceptors (Lipinski definition) is 9. The van der Waals surface area contributed by atoms with Crippen molar-refractivity contribution in [1.82, 2.24) is 34.4 Å². The Morgan fingerprint density at radius 1 is 1.06 bits per heavy atom. The lowest BCUT2D eigenvalue weighted by molar-refractivity contribution is -0.127. The van der Waals surface area contributed by atoms with Crippen LogP contribution in [0.15, 0.2) is 49.2 Å². The van der Waals surface area contributed by atoms with Gasteiger partial charge < -0.3 is 25.2 Å². The highest BCUT2D eigenvalue weighted by Gasteiger charge is 2.20. The normalized spacial score (nSPS) is 13.5. The summed E-state index contributed by atoms with van der Waals surface area (Å²) in [5.41, 5.74) is 2.42. The monoisotopic (exact) mass is 459 g/mol. The lowest BCUT2D eigenvalue weighted by atomic mass is 10.1. The average Bonchev–Trinajstić information content (AvgIpc) is 3.45. The van der Waals surface area contributed by atoms with E-state index in [1.54, 1.807) is 30.7 Å². The number of aromatic hydroxyl groups is 1. The van der Waals surface area contributed by atoms with Gasteiger partial charge in [-0.2, -0.15) is 9.97 Å². The molecule has 1 saturated heterocycles. The van der Waals surface area contributed by atoms with E-state index in [2.05, 4.69) is 35.6 Å². The van der Waals surface area contributed by atoms with Crippen LogP contribution in [0, 0.1) is 0 Å². The fourth-order valence-electron chi connectivity index (χ4n) is 3.92. The maximum absolute atomic E-state index is 12.0. The number of amides is 1. The van der Waals surface area contributed by atoms with Crippen LogP contribution in [0.1, 0.15) is 18.4 Å². The number of imidazole rings is 1. The van der Waals surface area contributed by atoms with Crippen LogP contribution in [0.2, 0.25) is 0 Å². The molecule has 1 fully saturated rings. The van der Waals surface area contributed by atoms with E-state index in [0.29, 0.717) is 54.8 Å². The highest BCUT2D eigenvalue weighted by Crippen LogP contribution is 2.23. The third kappa shape index (κ3) is 4.87. The van der Waals surface area contributed by atoms with Gasteiger partial charge in [0.1, 0.15) is 17.9 Å². The van der Waals surface area contributed by atoms with Crippen molar-refractivity contribution in [1.29, 1.82) is 0 Å². The quantitative estimate of drug-likeness (QED) is 0.345. The van der Waals surface area contributed by atoms with Crippen LogP contribution in [0.5, 0.6) is 5.75 Å². The average molecular weight is 460 g/mol. The van der Waals surface area contributed by atoms with E-state index in [1.165, 1.54) is 6.33 Å². The molecule has 0 atom stereocenters. The van der Waals surface area contributed by atoms with E-state index < -0.39 is 0 Å². The second-order valence-electron chi connectivity index (χ2n) is 8.05. The minimum absolute atomic E-state index is 0.196. The molecule has 5 rings (SSSR count). The molecule has 34 heavy (non-hydrogen) atoms. The Morgan fingerprint density at radius 3 is 2.71 bits per heavy atom. The van der Waals surface area contributed by atoms with Crippen LogP contribution in [-0.2, 0) is 17.8 Å². The van der Waals surface area contributed by atoms with Gasteiger partial charge in [0, 0.05) is 38.8 Å². The molecule has 1 aromatic carbocycles. The summed E-state index contributed by atoms with van der Waals surface area (Å²) in [6.45, 7) is 2.63. The molecule has 1 amide bonds. The van der Waals surface area contributed by atoms with Crippen LogP contribution in [0.4, 0.5) is 17.6 Å². The molecule has 1 aliphatic rings. The molecule has 174 valence electrons. The number of aromatic nitrogens is 6. The number of phenols is 1. The van der Waals surface area contributed by atoms with Crippen LogP contribution in [0.3, 0.4) is 0 Å². The van der Waals surface area contributed by atoms with Crippen LogP contribution >= 0.6 is 0 Å². The molecule has 1 aliphatic heterocycles. The third-order valence-corrected chi connectivity index (χ3v) is 5.71. The predicted octanol–water partition coefficient (Wildman–Crippen LogP) is 2.34. The molecule has 11 nitrogen and oxygen atoms in total. The van der Waals surface area contributed by atoms with Gasteiger partial charge in [-0.3, -0.25) is 4.79 Å². The molecule has 4 heterocycles. The highest BCUT2D eigenvalue weighted by molar-refractivity contribution is 5.84.